The van der Waals surface area contributed by atoms with Gasteiger partial charge in [-0.1, -0.05) is 12.1 Å². The molecule has 0 aliphatic heterocycles. The molecule has 22 heavy (non-hydrogen) atoms. The highest BCUT2D eigenvalue weighted by molar-refractivity contribution is 5.75. The molecule has 108 valence electrons. The molecule has 1 N–H and O–H groups in total. The van der Waals surface area contributed by atoms with Gasteiger partial charge in [0.15, 0.2) is 5.65 Å². The smallest absolute Gasteiger partial charge is 0.201 e. The first-order valence-corrected chi connectivity index (χ1v) is 6.70. The molecule has 0 spiro atoms. The Hall–Kier alpha value is -3.09. The van der Waals surface area contributed by atoms with Crippen LogP contribution in [0.3, 0.4) is 0 Å². The van der Waals surface area contributed by atoms with Crippen molar-refractivity contribution in [3.05, 3.63) is 54.5 Å². The Morgan fingerprint density at radius 3 is 2.91 bits per heavy atom. The molecule has 0 saturated carbocycles. The molecule has 4 rings (SSSR count). The third-order valence-corrected chi connectivity index (χ3v) is 3.30. The van der Waals surface area contributed by atoms with Gasteiger partial charge in [0.25, 0.3) is 0 Å². The van der Waals surface area contributed by atoms with Crippen LogP contribution in [0.4, 0.5) is 4.39 Å². The summed E-state index contributed by atoms with van der Waals surface area (Å²) < 4.78 is 15.3. The maximum Gasteiger partial charge on any atom is 0.201 e. The molecule has 0 unspecified atom stereocenters. The van der Waals surface area contributed by atoms with E-state index in [-0.39, 0.29) is 5.82 Å². The minimum Gasteiger partial charge on any atom is -0.303 e. The highest BCUT2D eigenvalue weighted by Gasteiger charge is 2.14. The van der Waals surface area contributed by atoms with E-state index >= 15 is 0 Å². The molecule has 6 nitrogen and oxygen atoms in total. The lowest BCUT2D eigenvalue weighted by Gasteiger charge is -2.06. The number of benzene rings is 1. The summed E-state index contributed by atoms with van der Waals surface area (Å²) in [5, 5.41) is 6.91. The number of aryl methyl sites for hydroxylation is 1. The average molecular weight is 294 g/mol. The van der Waals surface area contributed by atoms with Crippen molar-refractivity contribution in [1.82, 2.24) is 29.5 Å². The van der Waals surface area contributed by atoms with E-state index < -0.39 is 0 Å². The second-order valence-electron chi connectivity index (χ2n) is 4.89. The normalized spacial score (nSPS) is 11.2. The zero-order chi connectivity index (χ0) is 15.1. The summed E-state index contributed by atoms with van der Waals surface area (Å²) in [6, 6.07) is 6.28. The summed E-state index contributed by atoms with van der Waals surface area (Å²) >= 11 is 0. The summed E-state index contributed by atoms with van der Waals surface area (Å²) in [6.45, 7) is 1.82. The SMILES string of the molecule is Cc1nc(-c2cn3ccnc3c(-c3cccc(F)c3)n2)n[nH]1. The Morgan fingerprint density at radius 2 is 2.14 bits per heavy atom. The van der Waals surface area contributed by atoms with Crippen molar-refractivity contribution < 1.29 is 4.39 Å². The molecule has 4 aromatic rings. The Morgan fingerprint density at radius 1 is 1.23 bits per heavy atom. The second-order valence-corrected chi connectivity index (χ2v) is 4.89. The van der Waals surface area contributed by atoms with Crippen molar-refractivity contribution in [3.63, 3.8) is 0 Å². The number of H-pyrrole nitrogens is 1. The standard InChI is InChI=1S/C15H11FN6/c1-9-18-14(21-20-9)12-8-22-6-5-17-15(22)13(19-12)10-3-2-4-11(16)7-10/h2-8H,1H3,(H,18,20,21). The van der Waals surface area contributed by atoms with E-state index in [1.165, 1.54) is 12.1 Å². The molecule has 0 aliphatic carbocycles. The van der Waals surface area contributed by atoms with Gasteiger partial charge in [0.1, 0.15) is 23.0 Å². The molecule has 3 heterocycles. The van der Waals surface area contributed by atoms with Gasteiger partial charge in [0.05, 0.1) is 0 Å². The molecule has 0 atom stereocenters. The predicted octanol–water partition coefficient (Wildman–Crippen LogP) is 2.63. The summed E-state index contributed by atoms with van der Waals surface area (Å²) in [7, 11) is 0. The molecule has 0 aliphatic rings. The summed E-state index contributed by atoms with van der Waals surface area (Å²) in [4.78, 5) is 13.2. The number of fused-ring (bicyclic) bond motifs is 1. The number of hydrogen-bond acceptors (Lipinski definition) is 4. The first kappa shape index (κ1) is 12.6. The maximum absolute atomic E-state index is 13.5. The van der Waals surface area contributed by atoms with E-state index in [2.05, 4.69) is 25.1 Å². The number of nitrogens with zero attached hydrogens (tertiary/aromatic N) is 5. The van der Waals surface area contributed by atoms with E-state index in [9.17, 15) is 4.39 Å². The van der Waals surface area contributed by atoms with Crippen LogP contribution >= 0.6 is 0 Å². The van der Waals surface area contributed by atoms with E-state index in [1.54, 1.807) is 24.5 Å². The fraction of sp³-hybridized carbons (Fsp3) is 0.0667. The van der Waals surface area contributed by atoms with Crippen LogP contribution < -0.4 is 0 Å². The van der Waals surface area contributed by atoms with Crippen molar-refractivity contribution in [1.29, 1.82) is 0 Å². The van der Waals surface area contributed by atoms with Gasteiger partial charge in [-0.25, -0.2) is 19.3 Å². The quantitative estimate of drug-likeness (QED) is 0.617. The first-order valence-electron chi connectivity index (χ1n) is 6.70. The van der Waals surface area contributed by atoms with Crippen molar-refractivity contribution in [2.24, 2.45) is 0 Å². The van der Waals surface area contributed by atoms with Crippen LogP contribution in [-0.2, 0) is 0 Å². The van der Waals surface area contributed by atoms with Gasteiger partial charge < -0.3 is 4.40 Å². The predicted molar refractivity (Wildman–Crippen MR) is 78.5 cm³/mol. The van der Waals surface area contributed by atoms with Crippen LogP contribution in [0, 0.1) is 12.7 Å². The average Bonchev–Trinajstić information content (AvgIpc) is 3.14. The lowest BCUT2D eigenvalue weighted by molar-refractivity contribution is 0.628. The van der Waals surface area contributed by atoms with E-state index in [0.29, 0.717) is 34.2 Å². The third-order valence-electron chi connectivity index (χ3n) is 3.30. The van der Waals surface area contributed by atoms with Gasteiger partial charge in [-0.15, -0.1) is 0 Å². The highest BCUT2D eigenvalue weighted by Crippen LogP contribution is 2.25. The fourth-order valence-electron chi connectivity index (χ4n) is 2.33. The van der Waals surface area contributed by atoms with Gasteiger partial charge in [-0.05, 0) is 19.1 Å². The molecule has 7 heteroatoms. The van der Waals surface area contributed by atoms with Crippen LogP contribution in [0.1, 0.15) is 5.82 Å². The number of nitrogens with one attached hydrogen (secondary N) is 1. The molecular formula is C15H11FN6. The second kappa shape index (κ2) is 4.73. The fourth-order valence-corrected chi connectivity index (χ4v) is 2.33. The Balaban J connectivity index is 1.98. The van der Waals surface area contributed by atoms with Crippen LogP contribution in [0.15, 0.2) is 42.9 Å². The lowest BCUT2D eigenvalue weighted by Crippen LogP contribution is -1.97. The van der Waals surface area contributed by atoms with Crippen LogP contribution in [0.2, 0.25) is 0 Å². The van der Waals surface area contributed by atoms with Crippen molar-refractivity contribution in [2.75, 3.05) is 0 Å². The van der Waals surface area contributed by atoms with Crippen LogP contribution in [0.5, 0.6) is 0 Å². The van der Waals surface area contributed by atoms with Gasteiger partial charge in [-0.2, -0.15) is 5.10 Å². The zero-order valence-electron chi connectivity index (χ0n) is 11.7. The van der Waals surface area contributed by atoms with E-state index in [0.717, 1.165) is 0 Å². The Kier molecular flexibility index (Phi) is 2.72. The van der Waals surface area contributed by atoms with Gasteiger partial charge >= 0.3 is 0 Å². The molecule has 0 bridgehead atoms. The number of halogens is 1. The van der Waals surface area contributed by atoms with Gasteiger partial charge in [0, 0.05) is 24.2 Å². The molecular weight excluding hydrogens is 283 g/mol. The summed E-state index contributed by atoms with van der Waals surface area (Å²) in [6.07, 6.45) is 5.28. The largest absolute Gasteiger partial charge is 0.303 e. The molecule has 0 fully saturated rings. The van der Waals surface area contributed by atoms with Crippen molar-refractivity contribution >= 4 is 5.65 Å². The monoisotopic (exact) mass is 294 g/mol. The highest BCUT2D eigenvalue weighted by atomic mass is 19.1. The van der Waals surface area contributed by atoms with Crippen LogP contribution in [0.25, 0.3) is 28.4 Å². The summed E-state index contributed by atoms with van der Waals surface area (Å²) in [5.41, 5.74) is 2.49. The topological polar surface area (TPSA) is 71.8 Å². The lowest BCUT2D eigenvalue weighted by atomic mass is 10.1. The molecule has 3 aromatic heterocycles. The Labute approximate surface area is 124 Å². The minimum atomic E-state index is -0.317. The molecule has 0 amide bonds. The zero-order valence-corrected chi connectivity index (χ0v) is 11.7. The van der Waals surface area contributed by atoms with Gasteiger partial charge in [0.2, 0.25) is 5.82 Å². The van der Waals surface area contributed by atoms with Crippen LogP contribution in [-0.4, -0.2) is 29.5 Å². The van der Waals surface area contributed by atoms with Crippen molar-refractivity contribution in [2.45, 2.75) is 6.92 Å². The number of imidazole rings is 1. The van der Waals surface area contributed by atoms with E-state index in [4.69, 9.17) is 0 Å². The molecule has 1 aromatic carbocycles. The summed E-state index contributed by atoms with van der Waals surface area (Å²) in [5.74, 6) is 0.878. The Bertz CT molecular complexity index is 971. The third kappa shape index (κ3) is 2.03. The first-order chi connectivity index (χ1) is 10.7. The minimum absolute atomic E-state index is 0.317. The number of aromatic nitrogens is 6. The number of hydrogen-bond donors (Lipinski definition) is 1. The number of aromatic amines is 1. The molecule has 0 radical (unpaired) electrons. The molecule has 0 saturated heterocycles. The van der Waals surface area contributed by atoms with Gasteiger partial charge in [-0.3, -0.25) is 5.10 Å². The number of rotatable bonds is 2. The van der Waals surface area contributed by atoms with E-state index in [1.807, 2.05) is 17.5 Å². The van der Waals surface area contributed by atoms with Crippen molar-refractivity contribution in [3.8, 4) is 22.8 Å². The maximum atomic E-state index is 13.5.